The highest BCUT2D eigenvalue weighted by Gasteiger charge is 2.28. The summed E-state index contributed by atoms with van der Waals surface area (Å²) in [5, 5.41) is 14.8. The van der Waals surface area contributed by atoms with Crippen molar-refractivity contribution in [2.75, 3.05) is 39.9 Å². The van der Waals surface area contributed by atoms with Crippen LogP contribution in [0.5, 0.6) is 0 Å². The molecule has 7 heteroatoms. The first-order valence-electron chi connectivity index (χ1n) is 6.24. The standard InChI is InChI=1S/C13H18NO2.NO3/c1-14(7-9-16-10-8-14)11-13(15)12-5-3-2-4-6-12;2-1(3)4/h2-6H,7-11H2,1H3;/q+1;-1. The first-order chi connectivity index (χ1) is 9.43. The van der Waals surface area contributed by atoms with Gasteiger partial charge in [-0.25, -0.2) is 0 Å². The van der Waals surface area contributed by atoms with Gasteiger partial charge in [-0.15, -0.1) is 0 Å². The fourth-order valence-corrected chi connectivity index (χ4v) is 2.00. The van der Waals surface area contributed by atoms with Gasteiger partial charge in [0.1, 0.15) is 19.6 Å². The first kappa shape index (κ1) is 16.1. The van der Waals surface area contributed by atoms with Crippen molar-refractivity contribution in [3.8, 4) is 0 Å². The molecule has 1 saturated heterocycles. The number of morpholine rings is 1. The van der Waals surface area contributed by atoms with Crippen LogP contribution in [0.15, 0.2) is 30.3 Å². The van der Waals surface area contributed by atoms with Gasteiger partial charge in [0.2, 0.25) is 5.78 Å². The molecule has 0 N–H and O–H groups in total. The highest BCUT2D eigenvalue weighted by molar-refractivity contribution is 5.96. The lowest BCUT2D eigenvalue weighted by Gasteiger charge is -2.36. The number of likely N-dealkylation sites (N-methyl/N-ethyl adjacent to an activating group) is 1. The highest BCUT2D eigenvalue weighted by Crippen LogP contribution is 2.10. The maximum Gasteiger partial charge on any atom is 0.216 e. The summed E-state index contributed by atoms with van der Waals surface area (Å²) >= 11 is 0. The van der Waals surface area contributed by atoms with Crippen molar-refractivity contribution in [2.24, 2.45) is 0 Å². The molecule has 0 atom stereocenters. The quantitative estimate of drug-likeness (QED) is 0.358. The Kier molecular flexibility index (Phi) is 6.08. The molecule has 0 aromatic heterocycles. The highest BCUT2D eigenvalue weighted by atomic mass is 16.9. The molecular formula is C13H18N2O5. The maximum atomic E-state index is 12.1. The van der Waals surface area contributed by atoms with Gasteiger partial charge in [0.15, 0.2) is 0 Å². The number of benzene rings is 1. The minimum atomic E-state index is -1.75. The maximum absolute atomic E-state index is 12.1. The number of hydrogen-bond acceptors (Lipinski definition) is 5. The fraction of sp³-hybridized carbons (Fsp3) is 0.462. The van der Waals surface area contributed by atoms with E-state index in [0.717, 1.165) is 36.3 Å². The van der Waals surface area contributed by atoms with E-state index < -0.39 is 5.09 Å². The Hall–Kier alpha value is -1.99. The van der Waals surface area contributed by atoms with Gasteiger partial charge in [-0.05, 0) is 0 Å². The molecule has 1 fully saturated rings. The van der Waals surface area contributed by atoms with Crippen LogP contribution in [0.2, 0.25) is 0 Å². The van der Waals surface area contributed by atoms with Gasteiger partial charge >= 0.3 is 0 Å². The molecule has 7 nitrogen and oxygen atoms in total. The number of carbonyl (C=O) groups is 1. The topological polar surface area (TPSA) is 92.5 Å². The second kappa shape index (κ2) is 7.56. The van der Waals surface area contributed by atoms with Crippen LogP contribution in [-0.4, -0.2) is 55.2 Å². The van der Waals surface area contributed by atoms with Crippen molar-refractivity contribution >= 4 is 5.78 Å². The lowest BCUT2D eigenvalue weighted by molar-refractivity contribution is -0.908. The van der Waals surface area contributed by atoms with E-state index in [4.69, 9.17) is 20.1 Å². The van der Waals surface area contributed by atoms with Crippen molar-refractivity contribution in [1.82, 2.24) is 0 Å². The van der Waals surface area contributed by atoms with Crippen molar-refractivity contribution < 1.29 is 19.1 Å². The molecule has 0 radical (unpaired) electrons. The van der Waals surface area contributed by atoms with Gasteiger partial charge in [0.05, 0.1) is 25.3 Å². The molecule has 2 rings (SSSR count). The number of ether oxygens (including phenoxy) is 1. The molecule has 0 amide bonds. The summed E-state index contributed by atoms with van der Waals surface area (Å²) in [4.78, 5) is 20.3. The van der Waals surface area contributed by atoms with Crippen LogP contribution in [0, 0.1) is 15.3 Å². The summed E-state index contributed by atoms with van der Waals surface area (Å²) in [6, 6.07) is 9.52. The SMILES string of the molecule is C[N+]1(CC(=O)c2ccccc2)CCOCC1.O=[N+]([O-])[O-]. The van der Waals surface area contributed by atoms with Crippen LogP contribution in [0.4, 0.5) is 0 Å². The van der Waals surface area contributed by atoms with E-state index in [2.05, 4.69) is 7.05 Å². The van der Waals surface area contributed by atoms with Gasteiger partial charge in [0, 0.05) is 5.56 Å². The first-order valence-corrected chi connectivity index (χ1v) is 6.24. The minimum Gasteiger partial charge on any atom is -0.370 e. The van der Waals surface area contributed by atoms with Crippen LogP contribution in [0.3, 0.4) is 0 Å². The summed E-state index contributed by atoms with van der Waals surface area (Å²) in [7, 11) is 2.13. The van der Waals surface area contributed by atoms with E-state index in [9.17, 15) is 4.79 Å². The van der Waals surface area contributed by atoms with Crippen molar-refractivity contribution in [1.29, 1.82) is 0 Å². The van der Waals surface area contributed by atoms with Crippen LogP contribution in [-0.2, 0) is 4.74 Å². The summed E-state index contributed by atoms with van der Waals surface area (Å²) in [5.74, 6) is 0.227. The summed E-state index contributed by atoms with van der Waals surface area (Å²) in [5.41, 5.74) is 0.813. The van der Waals surface area contributed by atoms with E-state index in [-0.39, 0.29) is 5.78 Å². The summed E-state index contributed by atoms with van der Waals surface area (Å²) < 4.78 is 6.12. The van der Waals surface area contributed by atoms with E-state index in [1.807, 2.05) is 30.3 Å². The molecule has 1 aromatic rings. The van der Waals surface area contributed by atoms with Crippen molar-refractivity contribution in [3.05, 3.63) is 51.2 Å². The molecule has 0 aliphatic carbocycles. The number of Topliss-reactive ketones (excluding diaryl/α,β-unsaturated/α-hetero) is 1. The lowest BCUT2D eigenvalue weighted by atomic mass is 10.1. The number of ketones is 1. The molecule has 0 saturated carbocycles. The predicted molar refractivity (Wildman–Crippen MR) is 72.7 cm³/mol. The molecule has 1 aliphatic rings. The summed E-state index contributed by atoms with van der Waals surface area (Å²) in [6.45, 7) is 3.96. The van der Waals surface area contributed by atoms with Gasteiger partial charge in [-0.2, -0.15) is 0 Å². The van der Waals surface area contributed by atoms with E-state index >= 15 is 0 Å². The van der Waals surface area contributed by atoms with Gasteiger partial charge in [-0.1, -0.05) is 30.3 Å². The third-order valence-electron chi connectivity index (χ3n) is 3.17. The Bertz CT molecular complexity index is 439. The van der Waals surface area contributed by atoms with Gasteiger partial charge < -0.3 is 24.5 Å². The Morgan fingerprint density at radius 3 is 2.25 bits per heavy atom. The summed E-state index contributed by atoms with van der Waals surface area (Å²) in [6.07, 6.45) is 0. The Labute approximate surface area is 117 Å². The number of rotatable bonds is 3. The Morgan fingerprint density at radius 2 is 1.75 bits per heavy atom. The fourth-order valence-electron chi connectivity index (χ4n) is 2.00. The molecule has 20 heavy (non-hydrogen) atoms. The molecule has 0 spiro atoms. The second-order valence-electron chi connectivity index (χ2n) is 4.85. The molecule has 0 bridgehead atoms. The number of nitrogens with zero attached hydrogens (tertiary/aromatic N) is 2. The molecule has 110 valence electrons. The van der Waals surface area contributed by atoms with Gasteiger partial charge in [0.25, 0.3) is 0 Å². The van der Waals surface area contributed by atoms with Crippen molar-refractivity contribution in [2.45, 2.75) is 0 Å². The van der Waals surface area contributed by atoms with Crippen LogP contribution in [0.25, 0.3) is 0 Å². The van der Waals surface area contributed by atoms with E-state index in [1.54, 1.807) is 0 Å². The monoisotopic (exact) mass is 282 g/mol. The largest absolute Gasteiger partial charge is 0.370 e. The third-order valence-corrected chi connectivity index (χ3v) is 3.17. The lowest BCUT2D eigenvalue weighted by Crippen LogP contribution is -2.54. The zero-order chi connectivity index (χ0) is 15.0. The zero-order valence-corrected chi connectivity index (χ0v) is 11.4. The Morgan fingerprint density at radius 1 is 1.25 bits per heavy atom. The molecular weight excluding hydrogens is 264 g/mol. The van der Waals surface area contributed by atoms with Crippen molar-refractivity contribution in [3.63, 3.8) is 0 Å². The normalized spacial score (nSPS) is 16.6. The molecule has 1 heterocycles. The zero-order valence-electron chi connectivity index (χ0n) is 11.4. The average molecular weight is 282 g/mol. The Balaban J connectivity index is 0.000000444. The second-order valence-corrected chi connectivity index (χ2v) is 4.85. The molecule has 1 aromatic carbocycles. The van der Waals surface area contributed by atoms with E-state index in [1.165, 1.54) is 0 Å². The molecule has 1 aliphatic heterocycles. The van der Waals surface area contributed by atoms with Gasteiger partial charge in [-0.3, -0.25) is 4.79 Å². The third kappa shape index (κ3) is 5.77. The number of quaternary nitrogens is 1. The van der Waals surface area contributed by atoms with E-state index in [0.29, 0.717) is 6.54 Å². The van der Waals surface area contributed by atoms with Crippen LogP contribution >= 0.6 is 0 Å². The number of hydrogen-bond donors (Lipinski definition) is 0. The van der Waals surface area contributed by atoms with Crippen LogP contribution in [0.1, 0.15) is 10.4 Å². The number of carbonyl (C=O) groups excluding carboxylic acids is 1. The smallest absolute Gasteiger partial charge is 0.216 e. The molecule has 0 unspecified atom stereocenters. The average Bonchev–Trinajstić information content (AvgIpc) is 2.39. The van der Waals surface area contributed by atoms with Crippen LogP contribution < -0.4 is 0 Å². The minimum absolute atomic E-state index is 0.227. The predicted octanol–water partition coefficient (Wildman–Crippen LogP) is 1.11.